The Morgan fingerprint density at radius 1 is 1.25 bits per heavy atom. The van der Waals surface area contributed by atoms with Crippen molar-refractivity contribution in [3.8, 4) is 5.75 Å². The molecule has 2 N–H and O–H groups in total. The van der Waals surface area contributed by atoms with Gasteiger partial charge in [0.15, 0.2) is 0 Å². The van der Waals surface area contributed by atoms with Gasteiger partial charge < -0.3 is 15.2 Å². The minimum Gasteiger partial charge on any atom is -0.496 e. The van der Waals surface area contributed by atoms with Crippen LogP contribution in [0.1, 0.15) is 24.9 Å². The molecule has 2 rings (SSSR count). The van der Waals surface area contributed by atoms with Crippen LogP contribution in [0.3, 0.4) is 0 Å². The Labute approximate surface area is 118 Å². The lowest BCUT2D eigenvalue weighted by atomic mass is 9.96. The van der Waals surface area contributed by atoms with E-state index in [4.69, 9.17) is 15.2 Å². The maximum absolute atomic E-state index is 11.6. The molecule has 2 aromatic rings. The van der Waals surface area contributed by atoms with Gasteiger partial charge in [-0.15, -0.1) is 0 Å². The van der Waals surface area contributed by atoms with Crippen molar-refractivity contribution in [1.82, 2.24) is 0 Å². The first-order valence-corrected chi connectivity index (χ1v) is 6.64. The third-order valence-corrected chi connectivity index (χ3v) is 3.21. The second-order valence-electron chi connectivity index (χ2n) is 4.52. The molecular weight excluding hydrogens is 254 g/mol. The topological polar surface area (TPSA) is 61.5 Å². The number of fused-ring (bicyclic) bond motifs is 1. The normalized spacial score (nSPS) is 12.2. The smallest absolute Gasteiger partial charge is 0.307 e. The summed E-state index contributed by atoms with van der Waals surface area (Å²) in [6.07, 6.45) is 0.137. The number of nitrogens with two attached hydrogens (primary N) is 1. The summed E-state index contributed by atoms with van der Waals surface area (Å²) in [5, 5.41) is 2.08. The van der Waals surface area contributed by atoms with Gasteiger partial charge in [0, 0.05) is 11.6 Å². The highest BCUT2D eigenvalue weighted by Crippen LogP contribution is 2.33. The number of methoxy groups -OCH3 is 1. The highest BCUT2D eigenvalue weighted by molar-refractivity contribution is 5.88. The van der Waals surface area contributed by atoms with Gasteiger partial charge in [0.1, 0.15) is 5.75 Å². The van der Waals surface area contributed by atoms with Crippen molar-refractivity contribution >= 4 is 16.7 Å². The van der Waals surface area contributed by atoms with Gasteiger partial charge in [-0.1, -0.05) is 30.3 Å². The van der Waals surface area contributed by atoms with E-state index in [1.807, 2.05) is 36.4 Å². The number of rotatable bonds is 5. The third kappa shape index (κ3) is 2.91. The van der Waals surface area contributed by atoms with Gasteiger partial charge in [0.25, 0.3) is 0 Å². The summed E-state index contributed by atoms with van der Waals surface area (Å²) in [5.74, 6) is 0.399. The highest BCUT2D eigenvalue weighted by atomic mass is 16.5. The Hall–Kier alpha value is -2.07. The number of ether oxygens (including phenoxy) is 2. The van der Waals surface area contributed by atoms with Crippen LogP contribution >= 0.6 is 0 Å². The molecule has 4 heteroatoms. The van der Waals surface area contributed by atoms with Crippen molar-refractivity contribution in [2.45, 2.75) is 19.4 Å². The summed E-state index contributed by atoms with van der Waals surface area (Å²) >= 11 is 0. The molecule has 0 saturated carbocycles. The molecule has 20 heavy (non-hydrogen) atoms. The van der Waals surface area contributed by atoms with Gasteiger partial charge in [-0.2, -0.15) is 0 Å². The van der Waals surface area contributed by atoms with Crippen LogP contribution in [-0.2, 0) is 9.53 Å². The van der Waals surface area contributed by atoms with Gasteiger partial charge in [0.05, 0.1) is 20.1 Å². The summed E-state index contributed by atoms with van der Waals surface area (Å²) in [6.45, 7) is 2.14. The highest BCUT2D eigenvalue weighted by Gasteiger charge is 2.19. The lowest BCUT2D eigenvalue weighted by Crippen LogP contribution is -2.18. The van der Waals surface area contributed by atoms with E-state index >= 15 is 0 Å². The van der Waals surface area contributed by atoms with E-state index in [-0.39, 0.29) is 12.4 Å². The fourth-order valence-electron chi connectivity index (χ4n) is 2.34. The summed E-state index contributed by atoms with van der Waals surface area (Å²) < 4.78 is 10.3. The zero-order valence-electron chi connectivity index (χ0n) is 11.8. The summed E-state index contributed by atoms with van der Waals surface area (Å²) in [6, 6.07) is 11.3. The Kier molecular flexibility index (Phi) is 4.58. The van der Waals surface area contributed by atoms with Crippen molar-refractivity contribution in [2.24, 2.45) is 5.73 Å². The zero-order chi connectivity index (χ0) is 14.5. The molecule has 0 aliphatic heterocycles. The minimum atomic E-state index is -0.449. The molecule has 0 saturated heterocycles. The van der Waals surface area contributed by atoms with Crippen molar-refractivity contribution in [3.63, 3.8) is 0 Å². The van der Waals surface area contributed by atoms with Crippen LogP contribution in [-0.4, -0.2) is 19.7 Å². The lowest BCUT2D eigenvalue weighted by Gasteiger charge is -2.17. The standard InChI is InChI=1S/C16H19NO3/c1-3-20-15(18)10-13(17)16-12-7-5-4-6-11(12)8-9-14(16)19-2/h4-9,13H,3,10,17H2,1-2H3/t13-/m1/s1. The van der Waals surface area contributed by atoms with E-state index in [2.05, 4.69) is 0 Å². The van der Waals surface area contributed by atoms with E-state index in [9.17, 15) is 4.79 Å². The quantitative estimate of drug-likeness (QED) is 0.851. The Balaban J connectivity index is 2.42. The molecule has 0 amide bonds. The maximum atomic E-state index is 11.6. The predicted molar refractivity (Wildman–Crippen MR) is 78.7 cm³/mol. The van der Waals surface area contributed by atoms with Gasteiger partial charge in [0.2, 0.25) is 0 Å². The van der Waals surface area contributed by atoms with E-state index in [1.165, 1.54) is 0 Å². The number of carbonyl (C=O) groups is 1. The van der Waals surface area contributed by atoms with E-state index in [1.54, 1.807) is 14.0 Å². The molecule has 0 heterocycles. The molecule has 0 unspecified atom stereocenters. The van der Waals surface area contributed by atoms with E-state index < -0.39 is 6.04 Å². The van der Waals surface area contributed by atoms with Gasteiger partial charge >= 0.3 is 5.97 Å². The predicted octanol–water partition coefficient (Wildman–Crippen LogP) is 2.80. The molecule has 0 bridgehead atoms. The van der Waals surface area contributed by atoms with Crippen molar-refractivity contribution < 1.29 is 14.3 Å². The first kappa shape index (κ1) is 14.3. The molecule has 0 fully saturated rings. The molecule has 4 nitrogen and oxygen atoms in total. The molecular formula is C16H19NO3. The van der Waals surface area contributed by atoms with Gasteiger partial charge in [-0.25, -0.2) is 0 Å². The van der Waals surface area contributed by atoms with Crippen molar-refractivity contribution in [3.05, 3.63) is 42.0 Å². The molecule has 0 spiro atoms. The molecule has 0 aliphatic rings. The average molecular weight is 273 g/mol. The SMILES string of the molecule is CCOC(=O)C[C@@H](N)c1c(OC)ccc2ccccc12. The number of hydrogen-bond acceptors (Lipinski definition) is 4. The largest absolute Gasteiger partial charge is 0.496 e. The van der Waals surface area contributed by atoms with Crippen molar-refractivity contribution in [2.75, 3.05) is 13.7 Å². The summed E-state index contributed by atoms with van der Waals surface area (Å²) in [5.41, 5.74) is 7.03. The minimum absolute atomic E-state index is 0.137. The number of hydrogen-bond donors (Lipinski definition) is 1. The maximum Gasteiger partial charge on any atom is 0.307 e. The van der Waals surface area contributed by atoms with Crippen molar-refractivity contribution in [1.29, 1.82) is 0 Å². The average Bonchev–Trinajstić information content (AvgIpc) is 2.46. The monoisotopic (exact) mass is 273 g/mol. The fraction of sp³-hybridized carbons (Fsp3) is 0.312. The van der Waals surface area contributed by atoms with Gasteiger partial charge in [-0.05, 0) is 23.8 Å². The third-order valence-electron chi connectivity index (χ3n) is 3.21. The van der Waals surface area contributed by atoms with E-state index in [0.717, 1.165) is 16.3 Å². The Bertz CT molecular complexity index is 610. The Morgan fingerprint density at radius 2 is 2.00 bits per heavy atom. The van der Waals surface area contributed by atoms with Crippen LogP contribution in [0.25, 0.3) is 10.8 Å². The molecule has 0 radical (unpaired) electrons. The van der Waals surface area contributed by atoms with Crippen LogP contribution in [0.2, 0.25) is 0 Å². The number of esters is 1. The summed E-state index contributed by atoms with van der Waals surface area (Å²) in [4.78, 5) is 11.6. The van der Waals surface area contributed by atoms with Gasteiger partial charge in [-0.3, -0.25) is 4.79 Å². The molecule has 1 atom stereocenters. The number of benzene rings is 2. The molecule has 2 aromatic carbocycles. The van der Waals surface area contributed by atoms with Crippen LogP contribution < -0.4 is 10.5 Å². The fourth-order valence-corrected chi connectivity index (χ4v) is 2.34. The molecule has 0 aromatic heterocycles. The molecule has 0 aliphatic carbocycles. The lowest BCUT2D eigenvalue weighted by molar-refractivity contribution is -0.143. The first-order chi connectivity index (χ1) is 9.67. The Morgan fingerprint density at radius 3 is 2.70 bits per heavy atom. The first-order valence-electron chi connectivity index (χ1n) is 6.64. The van der Waals surface area contributed by atoms with Crippen LogP contribution in [0.4, 0.5) is 0 Å². The number of carbonyl (C=O) groups excluding carboxylic acids is 1. The zero-order valence-corrected chi connectivity index (χ0v) is 11.8. The molecule has 106 valence electrons. The van der Waals surface area contributed by atoms with E-state index in [0.29, 0.717) is 12.4 Å². The van der Waals surface area contributed by atoms with Crippen LogP contribution in [0, 0.1) is 0 Å². The second kappa shape index (κ2) is 6.39. The second-order valence-corrected chi connectivity index (χ2v) is 4.52. The summed E-state index contributed by atoms with van der Waals surface area (Å²) in [7, 11) is 1.60. The van der Waals surface area contributed by atoms with Crippen LogP contribution in [0.5, 0.6) is 5.75 Å². The van der Waals surface area contributed by atoms with Crippen LogP contribution in [0.15, 0.2) is 36.4 Å².